The van der Waals surface area contributed by atoms with Crippen LogP contribution in [0.4, 0.5) is 5.82 Å². The molecule has 208 valence electrons. The van der Waals surface area contributed by atoms with Crippen LogP contribution in [0.15, 0.2) is 11.4 Å². The SMILES string of the molecule is CC(O)CSc1nn([C@@H]2O[C@H](CO[Si](C(C)C)(C(C)C)C(C)C)[C@H]3OC(C)(C)O[C@H]32)c2ncnc(N)c12. The largest absolute Gasteiger partial charge is 0.413 e. The van der Waals surface area contributed by atoms with E-state index in [0.717, 1.165) is 0 Å². The van der Waals surface area contributed by atoms with Gasteiger partial charge in [-0.15, -0.1) is 11.8 Å². The number of hydrogen-bond donors (Lipinski definition) is 2. The number of hydrogen-bond acceptors (Lipinski definition) is 10. The third-order valence-corrected chi connectivity index (χ3v) is 14.8. The zero-order valence-corrected chi connectivity index (χ0v) is 25.3. The van der Waals surface area contributed by atoms with E-state index in [-0.39, 0.29) is 12.2 Å². The molecule has 4 rings (SSSR count). The average Bonchev–Trinajstić information content (AvgIpc) is 3.41. The number of fused-ring (bicyclic) bond motifs is 2. The molecular formula is C25H43N5O5SSi. The Morgan fingerprint density at radius 3 is 2.30 bits per heavy atom. The molecule has 2 saturated heterocycles. The summed E-state index contributed by atoms with van der Waals surface area (Å²) in [5.41, 5.74) is 8.18. The van der Waals surface area contributed by atoms with Gasteiger partial charge >= 0.3 is 0 Å². The molecule has 4 heterocycles. The zero-order chi connectivity index (χ0) is 27.3. The van der Waals surface area contributed by atoms with Crippen LogP contribution in [0.1, 0.15) is 68.5 Å². The van der Waals surface area contributed by atoms with Gasteiger partial charge in [0.15, 0.2) is 26.0 Å². The minimum atomic E-state index is -2.11. The number of thioether (sulfide) groups is 1. The van der Waals surface area contributed by atoms with Crippen molar-refractivity contribution in [3.05, 3.63) is 6.33 Å². The maximum absolute atomic E-state index is 9.84. The summed E-state index contributed by atoms with van der Waals surface area (Å²) in [4.78, 5) is 8.67. The molecule has 0 saturated carbocycles. The summed E-state index contributed by atoms with van der Waals surface area (Å²) in [6, 6.07) is 0. The second-order valence-corrected chi connectivity index (χ2v) is 18.1. The van der Waals surface area contributed by atoms with E-state index in [2.05, 4.69) is 51.5 Å². The molecule has 1 unspecified atom stereocenters. The summed E-state index contributed by atoms with van der Waals surface area (Å²) < 4.78 is 28.0. The summed E-state index contributed by atoms with van der Waals surface area (Å²) in [6.45, 7) is 19.7. The summed E-state index contributed by atoms with van der Waals surface area (Å²) >= 11 is 1.41. The Labute approximate surface area is 225 Å². The van der Waals surface area contributed by atoms with Gasteiger partial charge in [0.25, 0.3) is 0 Å². The predicted octanol–water partition coefficient (Wildman–Crippen LogP) is 4.49. The number of aliphatic hydroxyl groups is 1. The second-order valence-electron chi connectivity index (χ2n) is 11.6. The highest BCUT2D eigenvalue weighted by Crippen LogP contribution is 2.47. The van der Waals surface area contributed by atoms with E-state index in [1.807, 2.05) is 13.8 Å². The van der Waals surface area contributed by atoms with Crippen LogP contribution in [0.2, 0.25) is 16.6 Å². The smallest absolute Gasteiger partial charge is 0.200 e. The summed E-state index contributed by atoms with van der Waals surface area (Å²) in [7, 11) is -2.11. The van der Waals surface area contributed by atoms with Crippen LogP contribution in [0, 0.1) is 0 Å². The van der Waals surface area contributed by atoms with Crippen LogP contribution < -0.4 is 5.73 Å². The first-order valence-electron chi connectivity index (χ1n) is 13.2. The van der Waals surface area contributed by atoms with Crippen molar-refractivity contribution in [1.29, 1.82) is 0 Å². The van der Waals surface area contributed by atoms with Crippen molar-refractivity contribution in [3.63, 3.8) is 0 Å². The number of aliphatic hydroxyl groups excluding tert-OH is 1. The molecule has 0 amide bonds. The molecule has 5 atom stereocenters. The molecule has 2 aromatic rings. The maximum atomic E-state index is 9.84. The lowest BCUT2D eigenvalue weighted by molar-refractivity contribution is -0.200. The van der Waals surface area contributed by atoms with E-state index in [1.54, 1.807) is 11.6 Å². The van der Waals surface area contributed by atoms with Gasteiger partial charge in [0, 0.05) is 5.75 Å². The molecule has 37 heavy (non-hydrogen) atoms. The number of nitrogen functional groups attached to an aromatic ring is 1. The molecule has 0 bridgehead atoms. The first kappa shape index (κ1) is 28.7. The lowest BCUT2D eigenvalue weighted by Crippen LogP contribution is -2.50. The Hall–Kier alpha value is -1.28. The van der Waals surface area contributed by atoms with Gasteiger partial charge in [0.05, 0.1) is 18.1 Å². The second kappa shape index (κ2) is 10.7. The van der Waals surface area contributed by atoms with Crippen LogP contribution in [0.3, 0.4) is 0 Å². The molecular weight excluding hydrogens is 510 g/mol. The first-order valence-corrected chi connectivity index (χ1v) is 16.4. The number of nitrogens with zero attached hydrogens (tertiary/aromatic N) is 4. The molecule has 2 aliphatic heterocycles. The quantitative estimate of drug-likeness (QED) is 0.321. The number of nitrogens with two attached hydrogens (primary N) is 1. The Bertz CT molecular complexity index is 1070. The summed E-state index contributed by atoms with van der Waals surface area (Å²) in [5, 5.41) is 16.0. The van der Waals surface area contributed by atoms with Gasteiger partial charge in [-0.3, -0.25) is 0 Å². The summed E-state index contributed by atoms with van der Waals surface area (Å²) in [5.74, 6) is 0.0383. The third kappa shape index (κ3) is 5.30. The number of aromatic nitrogens is 4. The molecule has 3 N–H and O–H groups in total. The number of anilines is 1. The standard InChI is InChI=1S/C25H43N5O5SSi/c1-13(2)37(14(3)4,15(5)6)32-10-17-19-20(35-25(8,9)34-19)24(33-17)30-22-18(21(26)27-12-28-22)23(29-30)36-11-16(7)31/h12-17,19-20,24,31H,10-11H2,1-9H3,(H2,26,27,28)/t16?,17-,19-,20-,24-/m1/s1. The molecule has 0 spiro atoms. The predicted molar refractivity (Wildman–Crippen MR) is 147 cm³/mol. The maximum Gasteiger partial charge on any atom is 0.200 e. The zero-order valence-electron chi connectivity index (χ0n) is 23.5. The van der Waals surface area contributed by atoms with Gasteiger partial charge in [-0.2, -0.15) is 5.10 Å². The van der Waals surface area contributed by atoms with Crippen molar-refractivity contribution < 1.29 is 23.7 Å². The van der Waals surface area contributed by atoms with Crippen molar-refractivity contribution in [2.24, 2.45) is 0 Å². The van der Waals surface area contributed by atoms with Crippen LogP contribution in [0.25, 0.3) is 11.0 Å². The number of ether oxygens (including phenoxy) is 3. The highest BCUT2D eigenvalue weighted by Gasteiger charge is 2.57. The molecule has 12 heteroatoms. The Morgan fingerprint density at radius 2 is 1.70 bits per heavy atom. The van der Waals surface area contributed by atoms with Gasteiger partial charge in [0.2, 0.25) is 0 Å². The van der Waals surface area contributed by atoms with Crippen molar-refractivity contribution in [3.8, 4) is 0 Å². The fraction of sp³-hybridized carbons (Fsp3) is 0.800. The Balaban J connectivity index is 1.68. The van der Waals surface area contributed by atoms with Gasteiger partial charge < -0.3 is 29.5 Å². The topological polar surface area (TPSA) is 127 Å². The molecule has 0 aromatic carbocycles. The van der Waals surface area contributed by atoms with Crippen molar-refractivity contribution >= 4 is 36.9 Å². The van der Waals surface area contributed by atoms with E-state index in [4.69, 9.17) is 29.5 Å². The van der Waals surface area contributed by atoms with E-state index in [1.165, 1.54) is 18.1 Å². The monoisotopic (exact) mass is 553 g/mol. The number of rotatable bonds is 10. The van der Waals surface area contributed by atoms with Gasteiger partial charge in [-0.25, -0.2) is 14.6 Å². The van der Waals surface area contributed by atoms with Crippen LogP contribution >= 0.6 is 11.8 Å². The molecule has 2 aliphatic rings. The minimum Gasteiger partial charge on any atom is -0.413 e. The van der Waals surface area contributed by atoms with Crippen molar-refractivity contribution in [2.75, 3.05) is 18.1 Å². The van der Waals surface area contributed by atoms with Crippen LogP contribution in [0.5, 0.6) is 0 Å². The Morgan fingerprint density at radius 1 is 1.08 bits per heavy atom. The highest BCUT2D eigenvalue weighted by molar-refractivity contribution is 7.99. The van der Waals surface area contributed by atoms with E-state index >= 15 is 0 Å². The average molecular weight is 554 g/mol. The lowest BCUT2D eigenvalue weighted by atomic mass is 10.1. The van der Waals surface area contributed by atoms with Crippen LogP contribution in [-0.4, -0.2) is 75.7 Å². The lowest BCUT2D eigenvalue weighted by Gasteiger charge is -2.43. The first-order chi connectivity index (χ1) is 17.3. The van der Waals surface area contributed by atoms with Gasteiger partial charge in [-0.1, -0.05) is 41.5 Å². The summed E-state index contributed by atoms with van der Waals surface area (Å²) in [6.07, 6.45) is -0.686. The molecule has 10 nitrogen and oxygen atoms in total. The van der Waals surface area contributed by atoms with E-state index in [0.29, 0.717) is 50.9 Å². The minimum absolute atomic E-state index is 0.315. The van der Waals surface area contributed by atoms with Crippen LogP contribution in [-0.2, 0) is 18.6 Å². The Kier molecular flexibility index (Phi) is 8.31. The third-order valence-electron chi connectivity index (χ3n) is 7.52. The molecule has 2 aromatic heterocycles. The van der Waals surface area contributed by atoms with Gasteiger partial charge in [-0.05, 0) is 37.4 Å². The fourth-order valence-corrected chi connectivity index (χ4v) is 12.5. The molecule has 2 fully saturated rings. The van der Waals surface area contributed by atoms with Crippen molar-refractivity contribution in [2.45, 2.75) is 120 Å². The molecule has 0 aliphatic carbocycles. The highest BCUT2D eigenvalue weighted by atomic mass is 32.2. The fourth-order valence-electron chi connectivity index (χ4n) is 6.16. The molecule has 0 radical (unpaired) electrons. The van der Waals surface area contributed by atoms with Gasteiger partial charge in [0.1, 0.15) is 35.5 Å². The van der Waals surface area contributed by atoms with Crippen molar-refractivity contribution in [1.82, 2.24) is 19.7 Å². The normalized spacial score (nSPS) is 26.6. The van der Waals surface area contributed by atoms with E-state index < -0.39 is 32.5 Å². The van der Waals surface area contributed by atoms with E-state index in [9.17, 15) is 5.11 Å².